The van der Waals surface area contributed by atoms with Gasteiger partial charge in [-0.25, -0.2) is 0 Å². The molecule has 0 saturated carbocycles. The Morgan fingerprint density at radius 2 is 2.15 bits per heavy atom. The first kappa shape index (κ1) is 14.6. The first-order valence-corrected chi connectivity index (χ1v) is 7.20. The van der Waals surface area contributed by atoms with Crippen LogP contribution in [-0.4, -0.2) is 24.1 Å². The van der Waals surface area contributed by atoms with Gasteiger partial charge in [0.05, 0.1) is 11.5 Å². The third kappa shape index (κ3) is 3.03. The molecular formula is C15H22N2O3. The lowest BCUT2D eigenvalue weighted by molar-refractivity contribution is -0.385. The van der Waals surface area contributed by atoms with Gasteiger partial charge in [-0.2, -0.15) is 0 Å². The van der Waals surface area contributed by atoms with E-state index in [1.54, 1.807) is 12.1 Å². The van der Waals surface area contributed by atoms with Crippen LogP contribution in [0, 0.1) is 16.0 Å². The predicted molar refractivity (Wildman–Crippen MR) is 79.5 cm³/mol. The number of hydrogen-bond acceptors (Lipinski definition) is 4. The van der Waals surface area contributed by atoms with Gasteiger partial charge in [0.15, 0.2) is 5.75 Å². The first-order chi connectivity index (χ1) is 9.52. The molecule has 0 aliphatic carbocycles. The van der Waals surface area contributed by atoms with Crippen LogP contribution < -0.4 is 9.64 Å². The topological polar surface area (TPSA) is 55.6 Å². The number of anilines is 1. The fourth-order valence-electron chi connectivity index (χ4n) is 2.75. The molecule has 1 aromatic rings. The SMILES string of the molecule is CCOc1cc(N2CC(C)CCC2C)ccc1[N+](=O)[O-]. The zero-order valence-electron chi connectivity index (χ0n) is 12.3. The average molecular weight is 278 g/mol. The quantitative estimate of drug-likeness (QED) is 0.623. The Balaban J connectivity index is 2.32. The summed E-state index contributed by atoms with van der Waals surface area (Å²) in [5.41, 5.74) is 1.05. The molecule has 1 aliphatic heterocycles. The molecule has 0 radical (unpaired) electrons. The summed E-state index contributed by atoms with van der Waals surface area (Å²) in [5, 5.41) is 11.0. The standard InChI is InChI=1S/C15H22N2O3/c1-4-20-15-9-13(7-8-14(15)17(18)19)16-10-11(2)5-6-12(16)3/h7-9,11-12H,4-6,10H2,1-3H3. The lowest BCUT2D eigenvalue weighted by atomic mass is 9.94. The summed E-state index contributed by atoms with van der Waals surface area (Å²) in [6.07, 6.45) is 2.39. The molecule has 2 atom stereocenters. The van der Waals surface area contributed by atoms with Crippen LogP contribution in [0.1, 0.15) is 33.6 Å². The average Bonchev–Trinajstić information content (AvgIpc) is 2.41. The van der Waals surface area contributed by atoms with Crippen molar-refractivity contribution in [3.8, 4) is 5.75 Å². The molecule has 20 heavy (non-hydrogen) atoms. The second kappa shape index (κ2) is 6.11. The number of nitro benzene ring substituents is 1. The Morgan fingerprint density at radius 1 is 1.40 bits per heavy atom. The molecule has 1 fully saturated rings. The summed E-state index contributed by atoms with van der Waals surface area (Å²) in [6.45, 7) is 7.70. The predicted octanol–water partition coefficient (Wildman–Crippen LogP) is 3.62. The highest BCUT2D eigenvalue weighted by atomic mass is 16.6. The van der Waals surface area contributed by atoms with Crippen LogP contribution in [0.3, 0.4) is 0 Å². The first-order valence-electron chi connectivity index (χ1n) is 7.20. The van der Waals surface area contributed by atoms with Crippen molar-refractivity contribution in [1.82, 2.24) is 0 Å². The molecule has 1 aromatic carbocycles. The summed E-state index contributed by atoms with van der Waals surface area (Å²) >= 11 is 0. The van der Waals surface area contributed by atoms with Gasteiger partial charge in [0.1, 0.15) is 0 Å². The van der Waals surface area contributed by atoms with Crippen LogP contribution in [0.2, 0.25) is 0 Å². The number of rotatable bonds is 4. The second-order valence-corrected chi connectivity index (χ2v) is 5.53. The maximum atomic E-state index is 11.0. The lowest BCUT2D eigenvalue weighted by Gasteiger charge is -2.38. The molecule has 5 heteroatoms. The summed E-state index contributed by atoms with van der Waals surface area (Å²) in [5.74, 6) is 1.01. The van der Waals surface area contributed by atoms with Gasteiger partial charge >= 0.3 is 5.69 Å². The van der Waals surface area contributed by atoms with E-state index in [0.717, 1.165) is 18.7 Å². The number of nitro groups is 1. The Morgan fingerprint density at radius 3 is 2.80 bits per heavy atom. The van der Waals surface area contributed by atoms with E-state index in [1.165, 1.54) is 6.42 Å². The van der Waals surface area contributed by atoms with Gasteiger partial charge in [-0.05, 0) is 38.7 Å². The van der Waals surface area contributed by atoms with E-state index < -0.39 is 4.92 Å². The number of piperidine rings is 1. The molecule has 110 valence electrons. The van der Waals surface area contributed by atoms with Crippen LogP contribution in [0.15, 0.2) is 18.2 Å². The van der Waals surface area contributed by atoms with Crippen LogP contribution in [0.5, 0.6) is 5.75 Å². The largest absolute Gasteiger partial charge is 0.487 e. The van der Waals surface area contributed by atoms with Crippen molar-refractivity contribution >= 4 is 11.4 Å². The van der Waals surface area contributed by atoms with E-state index >= 15 is 0 Å². The van der Waals surface area contributed by atoms with E-state index in [2.05, 4.69) is 18.7 Å². The van der Waals surface area contributed by atoms with E-state index in [9.17, 15) is 10.1 Å². The molecule has 0 spiro atoms. The second-order valence-electron chi connectivity index (χ2n) is 5.53. The Labute approximate surface area is 119 Å². The third-order valence-electron chi connectivity index (χ3n) is 3.89. The van der Waals surface area contributed by atoms with Crippen molar-refractivity contribution in [2.75, 3.05) is 18.1 Å². The van der Waals surface area contributed by atoms with E-state index in [4.69, 9.17) is 4.74 Å². The van der Waals surface area contributed by atoms with Crippen molar-refractivity contribution in [1.29, 1.82) is 0 Å². The molecule has 0 N–H and O–H groups in total. The van der Waals surface area contributed by atoms with Gasteiger partial charge in [-0.1, -0.05) is 6.92 Å². The Bertz CT molecular complexity index is 490. The van der Waals surface area contributed by atoms with E-state index in [0.29, 0.717) is 24.3 Å². The maximum Gasteiger partial charge on any atom is 0.311 e. The smallest absolute Gasteiger partial charge is 0.311 e. The summed E-state index contributed by atoms with van der Waals surface area (Å²) in [4.78, 5) is 12.9. The minimum atomic E-state index is -0.392. The molecular weight excluding hydrogens is 256 g/mol. The Kier molecular flexibility index (Phi) is 4.47. The van der Waals surface area contributed by atoms with Crippen LogP contribution in [-0.2, 0) is 0 Å². The summed E-state index contributed by atoms with van der Waals surface area (Å²) in [7, 11) is 0. The van der Waals surface area contributed by atoms with Gasteiger partial charge in [0.25, 0.3) is 0 Å². The minimum Gasteiger partial charge on any atom is -0.487 e. The molecule has 2 rings (SSSR count). The molecule has 1 aliphatic rings. The van der Waals surface area contributed by atoms with Crippen LogP contribution >= 0.6 is 0 Å². The minimum absolute atomic E-state index is 0.0355. The molecule has 1 heterocycles. The lowest BCUT2D eigenvalue weighted by Crippen LogP contribution is -2.41. The zero-order valence-corrected chi connectivity index (χ0v) is 12.3. The van der Waals surface area contributed by atoms with Crippen molar-refractivity contribution in [3.63, 3.8) is 0 Å². The highest BCUT2D eigenvalue weighted by Gasteiger charge is 2.25. The van der Waals surface area contributed by atoms with E-state index in [1.807, 2.05) is 13.0 Å². The normalized spacial score (nSPS) is 22.6. The number of nitrogens with zero attached hydrogens (tertiary/aromatic N) is 2. The van der Waals surface area contributed by atoms with Crippen LogP contribution in [0.25, 0.3) is 0 Å². The van der Waals surface area contributed by atoms with Crippen LogP contribution in [0.4, 0.5) is 11.4 Å². The molecule has 5 nitrogen and oxygen atoms in total. The highest BCUT2D eigenvalue weighted by molar-refractivity contribution is 5.60. The molecule has 2 unspecified atom stereocenters. The number of ether oxygens (including phenoxy) is 1. The third-order valence-corrected chi connectivity index (χ3v) is 3.89. The van der Waals surface area contributed by atoms with Gasteiger partial charge < -0.3 is 9.64 Å². The zero-order chi connectivity index (χ0) is 14.7. The molecule has 0 aromatic heterocycles. The van der Waals surface area contributed by atoms with Crippen molar-refractivity contribution in [2.45, 2.75) is 39.7 Å². The molecule has 0 amide bonds. The summed E-state index contributed by atoms with van der Waals surface area (Å²) < 4.78 is 5.42. The molecule has 0 bridgehead atoms. The monoisotopic (exact) mass is 278 g/mol. The number of benzene rings is 1. The van der Waals surface area contributed by atoms with Crippen molar-refractivity contribution < 1.29 is 9.66 Å². The van der Waals surface area contributed by atoms with E-state index in [-0.39, 0.29) is 5.69 Å². The Hall–Kier alpha value is -1.78. The van der Waals surface area contributed by atoms with Gasteiger partial charge in [-0.15, -0.1) is 0 Å². The highest BCUT2D eigenvalue weighted by Crippen LogP contribution is 2.34. The van der Waals surface area contributed by atoms with Gasteiger partial charge in [0.2, 0.25) is 0 Å². The fraction of sp³-hybridized carbons (Fsp3) is 0.600. The van der Waals surface area contributed by atoms with Gasteiger partial charge in [-0.3, -0.25) is 10.1 Å². The molecule has 1 saturated heterocycles. The maximum absolute atomic E-state index is 11.0. The van der Waals surface area contributed by atoms with Gasteiger partial charge in [0, 0.05) is 30.4 Å². The van der Waals surface area contributed by atoms with Crippen molar-refractivity contribution in [2.24, 2.45) is 5.92 Å². The summed E-state index contributed by atoms with van der Waals surface area (Å²) in [6, 6.07) is 5.64. The fourth-order valence-corrected chi connectivity index (χ4v) is 2.75. The number of hydrogen-bond donors (Lipinski definition) is 0. The van der Waals surface area contributed by atoms with Crippen molar-refractivity contribution in [3.05, 3.63) is 28.3 Å².